The molecule has 3 rings (SSSR count). The molecule has 0 heterocycles. The van der Waals surface area contributed by atoms with Crippen molar-refractivity contribution in [1.82, 2.24) is 5.32 Å². The van der Waals surface area contributed by atoms with Crippen LogP contribution in [-0.4, -0.2) is 23.5 Å². The van der Waals surface area contributed by atoms with Crippen molar-refractivity contribution in [2.24, 2.45) is 11.8 Å². The number of rotatable bonds is 5. The van der Waals surface area contributed by atoms with Crippen LogP contribution in [0.1, 0.15) is 50.5 Å². The van der Waals surface area contributed by atoms with Gasteiger partial charge in [0.05, 0.1) is 5.92 Å². The van der Waals surface area contributed by atoms with Crippen molar-refractivity contribution < 1.29 is 14.7 Å². The minimum absolute atomic E-state index is 0.0153. The van der Waals surface area contributed by atoms with Gasteiger partial charge >= 0.3 is 5.97 Å². The Morgan fingerprint density at radius 2 is 1.65 bits per heavy atom. The zero-order chi connectivity index (χ0) is 16.3. The molecule has 0 unspecified atom stereocenters. The molecule has 0 spiro atoms. The number of hydrogen-bond donors (Lipinski definition) is 2. The van der Waals surface area contributed by atoms with Crippen molar-refractivity contribution >= 4 is 11.9 Å². The van der Waals surface area contributed by atoms with Gasteiger partial charge in [-0.1, -0.05) is 36.8 Å². The van der Waals surface area contributed by atoms with Crippen LogP contribution in [0, 0.1) is 11.8 Å². The maximum Gasteiger partial charge on any atom is 0.306 e. The van der Waals surface area contributed by atoms with E-state index in [2.05, 4.69) is 29.6 Å². The molecule has 0 radical (unpaired) electrons. The van der Waals surface area contributed by atoms with Crippen LogP contribution in [0.25, 0.3) is 0 Å². The highest BCUT2D eigenvalue weighted by Crippen LogP contribution is 2.43. The standard InChI is InChI=1S/C19H25NO3/c21-17(14-7-9-15(10-8-14)18(22)23)20-13-19(11-4-12-19)16-5-2-1-3-6-16/h1-3,5-6,14-15H,4,7-13H2,(H,20,21)(H,22,23). The molecule has 2 fully saturated rings. The summed E-state index contributed by atoms with van der Waals surface area (Å²) < 4.78 is 0. The van der Waals surface area contributed by atoms with E-state index in [1.807, 2.05) is 6.07 Å². The smallest absolute Gasteiger partial charge is 0.306 e. The highest BCUT2D eigenvalue weighted by Gasteiger charge is 2.39. The summed E-state index contributed by atoms with van der Waals surface area (Å²) in [7, 11) is 0. The number of carboxylic acids is 1. The molecule has 23 heavy (non-hydrogen) atoms. The zero-order valence-electron chi connectivity index (χ0n) is 13.5. The first-order chi connectivity index (χ1) is 11.1. The van der Waals surface area contributed by atoms with Crippen LogP contribution in [0.2, 0.25) is 0 Å². The van der Waals surface area contributed by atoms with E-state index in [1.165, 1.54) is 12.0 Å². The normalized spacial score (nSPS) is 26.1. The fourth-order valence-corrected chi connectivity index (χ4v) is 3.97. The van der Waals surface area contributed by atoms with E-state index >= 15 is 0 Å². The second kappa shape index (κ2) is 6.73. The number of aliphatic carboxylic acids is 1. The van der Waals surface area contributed by atoms with Crippen LogP contribution in [0.4, 0.5) is 0 Å². The van der Waals surface area contributed by atoms with E-state index in [0.717, 1.165) is 12.8 Å². The molecule has 2 N–H and O–H groups in total. The van der Waals surface area contributed by atoms with Gasteiger partial charge in [-0.15, -0.1) is 0 Å². The summed E-state index contributed by atoms with van der Waals surface area (Å²) in [5.74, 6) is -0.891. The van der Waals surface area contributed by atoms with E-state index in [4.69, 9.17) is 5.11 Å². The van der Waals surface area contributed by atoms with Crippen molar-refractivity contribution in [1.29, 1.82) is 0 Å². The SMILES string of the molecule is O=C(O)C1CCC(C(=O)NCC2(c3ccccc3)CCC2)CC1. The molecule has 2 aliphatic rings. The second-order valence-corrected chi connectivity index (χ2v) is 7.10. The van der Waals surface area contributed by atoms with Gasteiger partial charge in [-0.3, -0.25) is 9.59 Å². The van der Waals surface area contributed by atoms with Crippen molar-refractivity contribution in [2.45, 2.75) is 50.4 Å². The Hall–Kier alpha value is -1.84. The van der Waals surface area contributed by atoms with E-state index in [1.54, 1.807) is 0 Å². The quantitative estimate of drug-likeness (QED) is 0.877. The summed E-state index contributed by atoms with van der Waals surface area (Å²) in [6, 6.07) is 10.5. The Bertz CT molecular complexity index is 557. The summed E-state index contributed by atoms with van der Waals surface area (Å²) in [5, 5.41) is 12.2. The van der Waals surface area contributed by atoms with Gasteiger partial charge in [0.15, 0.2) is 0 Å². The Labute approximate surface area is 137 Å². The molecule has 1 aromatic rings. The average molecular weight is 315 g/mol. The van der Waals surface area contributed by atoms with Crippen molar-refractivity contribution in [3.05, 3.63) is 35.9 Å². The summed E-state index contributed by atoms with van der Waals surface area (Å²) in [6.45, 7) is 0.703. The lowest BCUT2D eigenvalue weighted by Crippen LogP contribution is -2.47. The van der Waals surface area contributed by atoms with Crippen molar-refractivity contribution in [3.63, 3.8) is 0 Å². The van der Waals surface area contributed by atoms with Gasteiger partial charge in [-0.2, -0.15) is 0 Å². The lowest BCUT2D eigenvalue weighted by molar-refractivity contribution is -0.144. The molecule has 0 aliphatic heterocycles. The van der Waals surface area contributed by atoms with Crippen LogP contribution < -0.4 is 5.32 Å². The molecule has 124 valence electrons. The lowest BCUT2D eigenvalue weighted by Gasteiger charge is -2.43. The van der Waals surface area contributed by atoms with Crippen LogP contribution in [0.3, 0.4) is 0 Å². The van der Waals surface area contributed by atoms with E-state index in [9.17, 15) is 9.59 Å². The topological polar surface area (TPSA) is 66.4 Å². The fraction of sp³-hybridized carbons (Fsp3) is 0.579. The Balaban J connectivity index is 1.54. The van der Waals surface area contributed by atoms with E-state index in [-0.39, 0.29) is 23.2 Å². The second-order valence-electron chi connectivity index (χ2n) is 7.10. The van der Waals surface area contributed by atoms with E-state index < -0.39 is 5.97 Å². The molecule has 0 saturated heterocycles. The predicted molar refractivity (Wildman–Crippen MR) is 88.1 cm³/mol. The summed E-state index contributed by atoms with van der Waals surface area (Å²) in [6.07, 6.45) is 6.11. The van der Waals surface area contributed by atoms with Gasteiger partial charge in [0.1, 0.15) is 0 Å². The van der Waals surface area contributed by atoms with Crippen LogP contribution in [0.15, 0.2) is 30.3 Å². The molecule has 2 saturated carbocycles. The number of carbonyl (C=O) groups excluding carboxylic acids is 1. The highest BCUT2D eigenvalue weighted by molar-refractivity contribution is 5.79. The molecular weight excluding hydrogens is 290 g/mol. The van der Waals surface area contributed by atoms with E-state index in [0.29, 0.717) is 32.2 Å². The first-order valence-corrected chi connectivity index (χ1v) is 8.67. The Morgan fingerprint density at radius 1 is 1.04 bits per heavy atom. The summed E-state index contributed by atoms with van der Waals surface area (Å²) in [4.78, 5) is 23.4. The third kappa shape index (κ3) is 3.41. The molecule has 1 amide bonds. The fourth-order valence-electron chi connectivity index (χ4n) is 3.97. The molecule has 0 aromatic heterocycles. The first kappa shape index (κ1) is 16.0. The molecule has 0 atom stereocenters. The highest BCUT2D eigenvalue weighted by atomic mass is 16.4. The third-order valence-corrected chi connectivity index (χ3v) is 5.75. The van der Waals surface area contributed by atoms with Gasteiger partial charge < -0.3 is 10.4 Å². The largest absolute Gasteiger partial charge is 0.481 e. The first-order valence-electron chi connectivity index (χ1n) is 8.67. The minimum atomic E-state index is -0.721. The number of nitrogens with one attached hydrogen (secondary N) is 1. The molecule has 4 heteroatoms. The number of carboxylic acid groups (broad SMARTS) is 1. The van der Waals surface area contributed by atoms with Crippen LogP contribution in [0.5, 0.6) is 0 Å². The van der Waals surface area contributed by atoms with Crippen molar-refractivity contribution in [2.75, 3.05) is 6.54 Å². The van der Waals surface area contributed by atoms with Crippen molar-refractivity contribution in [3.8, 4) is 0 Å². The number of hydrogen-bond acceptors (Lipinski definition) is 2. The van der Waals surface area contributed by atoms with Gasteiger partial charge in [0.25, 0.3) is 0 Å². The molecule has 1 aromatic carbocycles. The third-order valence-electron chi connectivity index (χ3n) is 5.75. The summed E-state index contributed by atoms with van der Waals surface area (Å²) in [5.41, 5.74) is 1.43. The van der Waals surface area contributed by atoms with Crippen LogP contribution in [-0.2, 0) is 15.0 Å². The average Bonchev–Trinajstić information content (AvgIpc) is 2.55. The summed E-state index contributed by atoms with van der Waals surface area (Å²) >= 11 is 0. The minimum Gasteiger partial charge on any atom is -0.481 e. The zero-order valence-corrected chi connectivity index (χ0v) is 13.5. The van der Waals surface area contributed by atoms with Gasteiger partial charge in [-0.05, 0) is 44.1 Å². The maximum absolute atomic E-state index is 12.4. The molecular formula is C19H25NO3. The number of carbonyl (C=O) groups is 2. The lowest BCUT2D eigenvalue weighted by atomic mass is 9.64. The van der Waals surface area contributed by atoms with Crippen LogP contribution >= 0.6 is 0 Å². The maximum atomic E-state index is 12.4. The molecule has 0 bridgehead atoms. The predicted octanol–water partition coefficient (Wildman–Crippen LogP) is 3.12. The monoisotopic (exact) mass is 315 g/mol. The van der Waals surface area contributed by atoms with Gasteiger partial charge in [0.2, 0.25) is 5.91 Å². The Morgan fingerprint density at radius 3 is 2.17 bits per heavy atom. The number of benzene rings is 1. The molecule has 2 aliphatic carbocycles. The number of amides is 1. The molecule has 4 nitrogen and oxygen atoms in total. The van der Waals surface area contributed by atoms with Gasteiger partial charge in [-0.25, -0.2) is 0 Å². The Kier molecular flexibility index (Phi) is 4.69. The van der Waals surface area contributed by atoms with Gasteiger partial charge in [0, 0.05) is 17.9 Å².